The van der Waals surface area contributed by atoms with Gasteiger partial charge in [0.05, 0.1) is 15.7 Å². The van der Waals surface area contributed by atoms with Gasteiger partial charge in [-0.3, -0.25) is 0 Å². The first-order valence-corrected chi connectivity index (χ1v) is 6.11. The van der Waals surface area contributed by atoms with Gasteiger partial charge in [-0.2, -0.15) is 0 Å². The third kappa shape index (κ3) is 2.93. The van der Waals surface area contributed by atoms with Gasteiger partial charge < -0.3 is 5.32 Å². The van der Waals surface area contributed by atoms with Crippen molar-refractivity contribution in [2.75, 3.05) is 5.32 Å². The van der Waals surface area contributed by atoms with Crippen LogP contribution in [0.1, 0.15) is 11.1 Å². The van der Waals surface area contributed by atoms with Crippen molar-refractivity contribution in [3.63, 3.8) is 0 Å². The van der Waals surface area contributed by atoms with E-state index in [4.69, 9.17) is 23.2 Å². The number of hydrogen-bond acceptors (Lipinski definition) is 1. The van der Waals surface area contributed by atoms with Gasteiger partial charge in [0.1, 0.15) is 0 Å². The molecule has 0 aliphatic heterocycles. The normalized spacial score (nSPS) is 10.4. The Balaban J connectivity index is 2.33. The molecule has 0 spiro atoms. The van der Waals surface area contributed by atoms with Crippen LogP contribution < -0.4 is 5.32 Å². The molecule has 2 rings (SSSR count). The van der Waals surface area contributed by atoms with Crippen LogP contribution in [0.2, 0.25) is 10.0 Å². The molecule has 0 radical (unpaired) electrons. The van der Waals surface area contributed by atoms with Gasteiger partial charge in [0.15, 0.2) is 0 Å². The summed E-state index contributed by atoms with van der Waals surface area (Å²) in [6, 6.07) is 11.9. The average molecular weight is 266 g/mol. The number of aryl methyl sites for hydroxylation is 2. The summed E-state index contributed by atoms with van der Waals surface area (Å²) in [7, 11) is 0. The molecular weight excluding hydrogens is 253 g/mol. The van der Waals surface area contributed by atoms with E-state index in [1.165, 1.54) is 5.56 Å². The minimum absolute atomic E-state index is 0.635. The molecule has 3 heteroatoms. The summed E-state index contributed by atoms with van der Waals surface area (Å²) in [5, 5.41) is 4.50. The highest BCUT2D eigenvalue weighted by molar-refractivity contribution is 6.39. The van der Waals surface area contributed by atoms with Crippen molar-refractivity contribution in [1.82, 2.24) is 0 Å². The zero-order valence-corrected chi connectivity index (χ0v) is 11.2. The first-order valence-electron chi connectivity index (χ1n) is 5.35. The van der Waals surface area contributed by atoms with Crippen LogP contribution in [0.4, 0.5) is 11.4 Å². The number of hydrogen-bond donors (Lipinski definition) is 1. The zero-order valence-electron chi connectivity index (χ0n) is 9.72. The fourth-order valence-corrected chi connectivity index (χ4v) is 2.29. The van der Waals surface area contributed by atoms with Crippen LogP contribution in [-0.2, 0) is 0 Å². The van der Waals surface area contributed by atoms with Gasteiger partial charge in [-0.25, -0.2) is 0 Å². The van der Waals surface area contributed by atoms with Crippen LogP contribution in [0.3, 0.4) is 0 Å². The maximum atomic E-state index is 6.17. The van der Waals surface area contributed by atoms with E-state index in [1.807, 2.05) is 43.3 Å². The fraction of sp³-hybridized carbons (Fsp3) is 0.143. The highest BCUT2D eigenvalue weighted by Gasteiger charge is 2.06. The van der Waals surface area contributed by atoms with Gasteiger partial charge in [-0.05, 0) is 43.7 Å². The molecule has 2 aromatic carbocycles. The molecule has 0 bridgehead atoms. The van der Waals surface area contributed by atoms with E-state index in [0.29, 0.717) is 10.0 Å². The second kappa shape index (κ2) is 4.99. The van der Waals surface area contributed by atoms with Crippen molar-refractivity contribution in [3.8, 4) is 0 Å². The van der Waals surface area contributed by atoms with Crippen LogP contribution in [0.5, 0.6) is 0 Å². The lowest BCUT2D eigenvalue weighted by Crippen LogP contribution is -1.93. The summed E-state index contributed by atoms with van der Waals surface area (Å²) in [5.41, 5.74) is 4.00. The Bertz CT molecular complexity index is 509. The van der Waals surface area contributed by atoms with Crippen LogP contribution in [-0.4, -0.2) is 0 Å². The monoisotopic (exact) mass is 265 g/mol. The molecule has 0 fully saturated rings. The van der Waals surface area contributed by atoms with E-state index in [2.05, 4.69) is 12.2 Å². The minimum atomic E-state index is 0.635. The van der Waals surface area contributed by atoms with E-state index in [1.54, 1.807) is 0 Å². The Morgan fingerprint density at radius 3 is 1.88 bits per heavy atom. The van der Waals surface area contributed by atoms with Crippen molar-refractivity contribution in [2.45, 2.75) is 13.8 Å². The number of nitrogens with one attached hydrogen (secondary N) is 1. The Labute approximate surface area is 111 Å². The zero-order chi connectivity index (χ0) is 12.4. The van der Waals surface area contributed by atoms with Crippen molar-refractivity contribution < 1.29 is 0 Å². The third-order valence-electron chi connectivity index (χ3n) is 2.51. The Hall–Kier alpha value is -1.18. The molecule has 17 heavy (non-hydrogen) atoms. The molecular formula is C14H13Cl2N. The lowest BCUT2D eigenvalue weighted by molar-refractivity contribution is 1.43. The average Bonchev–Trinajstić information content (AvgIpc) is 2.26. The van der Waals surface area contributed by atoms with Crippen molar-refractivity contribution >= 4 is 34.6 Å². The standard InChI is InChI=1S/C14H13Cl2N/c1-9-3-5-11(6-4-9)17-14-12(15)7-10(2)8-13(14)16/h3-8,17H,1-2H3. The molecule has 0 aromatic heterocycles. The minimum Gasteiger partial charge on any atom is -0.353 e. The molecule has 88 valence electrons. The molecule has 2 aromatic rings. The van der Waals surface area contributed by atoms with E-state index < -0.39 is 0 Å². The van der Waals surface area contributed by atoms with Gasteiger partial charge in [0, 0.05) is 5.69 Å². The van der Waals surface area contributed by atoms with E-state index in [-0.39, 0.29) is 0 Å². The molecule has 0 aliphatic carbocycles. The first-order chi connectivity index (χ1) is 8.06. The summed E-state index contributed by atoms with van der Waals surface area (Å²) in [6.07, 6.45) is 0. The predicted octanol–water partition coefficient (Wildman–Crippen LogP) is 5.35. The van der Waals surface area contributed by atoms with E-state index in [0.717, 1.165) is 16.9 Å². The van der Waals surface area contributed by atoms with Gasteiger partial charge >= 0.3 is 0 Å². The second-order valence-corrected chi connectivity index (χ2v) is 4.91. The predicted molar refractivity (Wildman–Crippen MR) is 75.7 cm³/mol. The molecule has 1 nitrogen and oxygen atoms in total. The Morgan fingerprint density at radius 2 is 1.35 bits per heavy atom. The summed E-state index contributed by atoms with van der Waals surface area (Å²) >= 11 is 12.3. The van der Waals surface area contributed by atoms with Crippen molar-refractivity contribution in [1.29, 1.82) is 0 Å². The molecule has 0 saturated carbocycles. The summed E-state index contributed by atoms with van der Waals surface area (Å²) in [6.45, 7) is 4.02. The Morgan fingerprint density at radius 1 is 0.824 bits per heavy atom. The molecule has 1 N–H and O–H groups in total. The summed E-state index contributed by atoms with van der Waals surface area (Å²) in [5.74, 6) is 0. The third-order valence-corrected chi connectivity index (χ3v) is 3.10. The number of rotatable bonds is 2. The van der Waals surface area contributed by atoms with Crippen LogP contribution in [0, 0.1) is 13.8 Å². The van der Waals surface area contributed by atoms with Gasteiger partial charge in [-0.15, -0.1) is 0 Å². The van der Waals surface area contributed by atoms with Gasteiger partial charge in [0.25, 0.3) is 0 Å². The molecule has 0 atom stereocenters. The van der Waals surface area contributed by atoms with Gasteiger partial charge in [0.2, 0.25) is 0 Å². The maximum Gasteiger partial charge on any atom is 0.0763 e. The topological polar surface area (TPSA) is 12.0 Å². The number of anilines is 2. The quantitative estimate of drug-likeness (QED) is 0.772. The van der Waals surface area contributed by atoms with E-state index >= 15 is 0 Å². The SMILES string of the molecule is Cc1ccc(Nc2c(Cl)cc(C)cc2Cl)cc1. The van der Waals surface area contributed by atoms with E-state index in [9.17, 15) is 0 Å². The molecule has 0 aliphatic rings. The van der Waals surface area contributed by atoms with Crippen molar-refractivity contribution in [2.24, 2.45) is 0 Å². The highest BCUT2D eigenvalue weighted by Crippen LogP contribution is 2.33. The summed E-state index contributed by atoms with van der Waals surface area (Å²) in [4.78, 5) is 0. The molecule has 0 unspecified atom stereocenters. The lowest BCUT2D eigenvalue weighted by atomic mass is 10.2. The summed E-state index contributed by atoms with van der Waals surface area (Å²) < 4.78 is 0. The molecule has 0 heterocycles. The van der Waals surface area contributed by atoms with Crippen LogP contribution >= 0.6 is 23.2 Å². The van der Waals surface area contributed by atoms with Crippen molar-refractivity contribution in [3.05, 3.63) is 57.6 Å². The Kier molecular flexibility index (Phi) is 3.60. The highest BCUT2D eigenvalue weighted by atomic mass is 35.5. The maximum absolute atomic E-state index is 6.17. The van der Waals surface area contributed by atoms with Crippen LogP contribution in [0.25, 0.3) is 0 Å². The fourth-order valence-electron chi connectivity index (χ4n) is 1.60. The lowest BCUT2D eigenvalue weighted by Gasteiger charge is -2.11. The smallest absolute Gasteiger partial charge is 0.0763 e. The largest absolute Gasteiger partial charge is 0.353 e. The van der Waals surface area contributed by atoms with Crippen LogP contribution in [0.15, 0.2) is 36.4 Å². The van der Waals surface area contributed by atoms with Gasteiger partial charge in [-0.1, -0.05) is 40.9 Å². The molecule has 0 saturated heterocycles. The second-order valence-electron chi connectivity index (χ2n) is 4.09. The number of benzene rings is 2. The number of halogens is 2. The first kappa shape index (κ1) is 12.3. The molecule has 0 amide bonds.